The number of unbranched alkanes of at least 4 members (excludes halogenated alkanes) is 1. The van der Waals surface area contributed by atoms with Crippen molar-refractivity contribution in [2.75, 3.05) is 26.8 Å². The third kappa shape index (κ3) is 7.60. The lowest BCUT2D eigenvalue weighted by molar-refractivity contribution is 0.203. The summed E-state index contributed by atoms with van der Waals surface area (Å²) in [5.41, 5.74) is 0. The number of hydrogen-bond donors (Lipinski definition) is 2. The van der Waals surface area contributed by atoms with Crippen LogP contribution in [0.5, 0.6) is 0 Å². The summed E-state index contributed by atoms with van der Waals surface area (Å²) in [4.78, 5) is 4.53. The molecule has 0 aliphatic rings. The molecule has 0 radical (unpaired) electrons. The fourth-order valence-corrected chi connectivity index (χ4v) is 1.57. The third-order valence-corrected chi connectivity index (χ3v) is 2.98. The Hall–Kier alpha value is -0.900. The number of methoxy groups -OCH3 is 1. The lowest BCUT2D eigenvalue weighted by atomic mass is 10.3. The van der Waals surface area contributed by atoms with Crippen LogP contribution in [0.4, 0.5) is 0 Å². The zero-order valence-corrected chi connectivity index (χ0v) is 15.7. The highest BCUT2D eigenvalue weighted by molar-refractivity contribution is 14.0. The maximum Gasteiger partial charge on any atom is 0.191 e. The van der Waals surface area contributed by atoms with Crippen molar-refractivity contribution >= 4 is 29.9 Å². The number of rotatable bonds is 8. The van der Waals surface area contributed by atoms with Gasteiger partial charge >= 0.3 is 0 Å². The number of hydrogen-bond acceptors (Lipinski definition) is 4. The van der Waals surface area contributed by atoms with Crippen LogP contribution in [-0.4, -0.2) is 47.5 Å². The molecular formula is C13H27IN6O. The first-order chi connectivity index (χ1) is 9.69. The third-order valence-electron chi connectivity index (χ3n) is 2.98. The number of ether oxygens (including phenoxy) is 1. The van der Waals surface area contributed by atoms with Crippen LogP contribution >= 0.6 is 24.0 Å². The van der Waals surface area contributed by atoms with Gasteiger partial charge < -0.3 is 19.9 Å². The molecule has 0 amide bonds. The Morgan fingerprint density at radius 2 is 2.00 bits per heavy atom. The van der Waals surface area contributed by atoms with Gasteiger partial charge in [0.15, 0.2) is 11.8 Å². The predicted octanol–water partition coefficient (Wildman–Crippen LogP) is 1.22. The van der Waals surface area contributed by atoms with Crippen molar-refractivity contribution in [2.45, 2.75) is 33.2 Å². The van der Waals surface area contributed by atoms with Gasteiger partial charge in [-0.3, -0.25) is 0 Å². The molecule has 122 valence electrons. The van der Waals surface area contributed by atoms with E-state index < -0.39 is 0 Å². The smallest absolute Gasteiger partial charge is 0.191 e. The van der Waals surface area contributed by atoms with Crippen molar-refractivity contribution in [3.63, 3.8) is 0 Å². The van der Waals surface area contributed by atoms with Crippen LogP contribution in [0.1, 0.15) is 31.4 Å². The van der Waals surface area contributed by atoms with Gasteiger partial charge in [-0.15, -0.1) is 34.2 Å². The standard InChI is InChI=1S/C13H26N6O.HI/c1-5-6-7-14-13(15-8-9-20-4)16-10-12-18-17-11(2)19(12)3;/h5-10H2,1-4H3,(H2,14,15,16);1H. The van der Waals surface area contributed by atoms with Crippen molar-refractivity contribution in [2.24, 2.45) is 12.0 Å². The zero-order valence-electron chi connectivity index (χ0n) is 13.3. The fraction of sp³-hybridized carbons (Fsp3) is 0.769. The minimum absolute atomic E-state index is 0. The highest BCUT2D eigenvalue weighted by Gasteiger charge is 2.04. The van der Waals surface area contributed by atoms with E-state index in [9.17, 15) is 0 Å². The largest absolute Gasteiger partial charge is 0.383 e. The van der Waals surface area contributed by atoms with E-state index in [0.717, 1.165) is 43.5 Å². The number of halogens is 1. The van der Waals surface area contributed by atoms with Crippen molar-refractivity contribution < 1.29 is 4.74 Å². The average molecular weight is 410 g/mol. The van der Waals surface area contributed by atoms with Gasteiger partial charge in [0.1, 0.15) is 12.4 Å². The molecule has 0 saturated carbocycles. The molecule has 8 heteroatoms. The molecule has 0 bridgehead atoms. The second-order valence-electron chi connectivity index (χ2n) is 4.59. The van der Waals surface area contributed by atoms with Crippen LogP contribution in [-0.2, 0) is 18.3 Å². The minimum Gasteiger partial charge on any atom is -0.383 e. The van der Waals surface area contributed by atoms with Gasteiger partial charge in [0.2, 0.25) is 0 Å². The van der Waals surface area contributed by atoms with Gasteiger partial charge in [0, 0.05) is 27.2 Å². The molecule has 2 N–H and O–H groups in total. The second kappa shape index (κ2) is 11.7. The van der Waals surface area contributed by atoms with Gasteiger partial charge in [0.05, 0.1) is 6.61 Å². The highest BCUT2D eigenvalue weighted by Crippen LogP contribution is 1.98. The maximum absolute atomic E-state index is 5.03. The molecule has 21 heavy (non-hydrogen) atoms. The summed E-state index contributed by atoms with van der Waals surface area (Å²) in [6.45, 7) is 6.89. The Morgan fingerprint density at radius 3 is 2.57 bits per heavy atom. The summed E-state index contributed by atoms with van der Waals surface area (Å²) in [5, 5.41) is 14.7. The van der Waals surface area contributed by atoms with Crippen LogP contribution < -0.4 is 10.6 Å². The Labute approximate surface area is 144 Å². The van der Waals surface area contributed by atoms with Crippen molar-refractivity contribution in [3.05, 3.63) is 11.6 Å². The number of aromatic nitrogens is 3. The molecular weight excluding hydrogens is 383 g/mol. The number of aryl methyl sites for hydroxylation is 1. The minimum atomic E-state index is 0. The van der Waals surface area contributed by atoms with Crippen molar-refractivity contribution in [1.82, 2.24) is 25.4 Å². The molecule has 0 saturated heterocycles. The lowest BCUT2D eigenvalue weighted by Crippen LogP contribution is -2.39. The zero-order chi connectivity index (χ0) is 14.8. The SMILES string of the molecule is CCCCNC(=NCc1nnc(C)n1C)NCCOC.I. The molecule has 1 aromatic rings. The summed E-state index contributed by atoms with van der Waals surface area (Å²) >= 11 is 0. The van der Waals surface area contributed by atoms with Gasteiger partial charge in [-0.2, -0.15) is 0 Å². The van der Waals surface area contributed by atoms with Gasteiger partial charge in [-0.1, -0.05) is 13.3 Å². The van der Waals surface area contributed by atoms with E-state index in [2.05, 4.69) is 32.7 Å². The molecule has 1 aromatic heterocycles. The topological polar surface area (TPSA) is 76.4 Å². The Morgan fingerprint density at radius 1 is 1.29 bits per heavy atom. The first-order valence-corrected chi connectivity index (χ1v) is 7.05. The van der Waals surface area contributed by atoms with Crippen molar-refractivity contribution in [3.8, 4) is 0 Å². The van der Waals surface area contributed by atoms with Crippen LogP contribution in [0, 0.1) is 6.92 Å². The van der Waals surface area contributed by atoms with E-state index in [4.69, 9.17) is 4.74 Å². The van der Waals surface area contributed by atoms with Crippen molar-refractivity contribution in [1.29, 1.82) is 0 Å². The molecule has 1 heterocycles. The molecule has 0 aliphatic heterocycles. The van der Waals surface area contributed by atoms with E-state index in [1.807, 2.05) is 18.5 Å². The summed E-state index contributed by atoms with van der Waals surface area (Å²) < 4.78 is 6.98. The summed E-state index contributed by atoms with van der Waals surface area (Å²) in [6, 6.07) is 0. The average Bonchev–Trinajstić information content (AvgIpc) is 2.76. The molecule has 0 spiro atoms. The van der Waals surface area contributed by atoms with Gasteiger partial charge in [-0.05, 0) is 13.3 Å². The normalized spacial score (nSPS) is 11.1. The number of aliphatic imine (C=N–C) groups is 1. The molecule has 1 rings (SSSR count). The predicted molar refractivity (Wildman–Crippen MR) is 95.1 cm³/mol. The van der Waals surface area contributed by atoms with Crippen LogP contribution in [0.25, 0.3) is 0 Å². The fourth-order valence-electron chi connectivity index (χ4n) is 1.57. The van der Waals surface area contributed by atoms with Crippen LogP contribution in [0.3, 0.4) is 0 Å². The van der Waals surface area contributed by atoms with Crippen LogP contribution in [0.2, 0.25) is 0 Å². The van der Waals surface area contributed by atoms with Crippen LogP contribution in [0.15, 0.2) is 4.99 Å². The molecule has 7 nitrogen and oxygen atoms in total. The Kier molecular flexibility index (Phi) is 11.2. The van der Waals surface area contributed by atoms with E-state index >= 15 is 0 Å². The van der Waals surface area contributed by atoms with E-state index in [-0.39, 0.29) is 24.0 Å². The lowest BCUT2D eigenvalue weighted by Gasteiger charge is -2.11. The molecule has 0 atom stereocenters. The Bertz CT molecular complexity index is 409. The van der Waals surface area contributed by atoms with Gasteiger partial charge in [0.25, 0.3) is 0 Å². The quantitative estimate of drug-likeness (QED) is 0.292. The molecule has 0 aliphatic carbocycles. The summed E-state index contributed by atoms with van der Waals surface area (Å²) in [5.74, 6) is 2.53. The molecule has 0 fully saturated rings. The monoisotopic (exact) mass is 410 g/mol. The molecule has 0 aromatic carbocycles. The van der Waals surface area contributed by atoms with Gasteiger partial charge in [-0.25, -0.2) is 4.99 Å². The summed E-state index contributed by atoms with van der Waals surface area (Å²) in [6.07, 6.45) is 2.27. The first kappa shape index (κ1) is 20.1. The van der Waals surface area contributed by atoms with E-state index in [0.29, 0.717) is 13.2 Å². The summed E-state index contributed by atoms with van der Waals surface area (Å²) in [7, 11) is 3.63. The highest BCUT2D eigenvalue weighted by atomic mass is 127. The number of nitrogens with one attached hydrogen (secondary N) is 2. The van der Waals surface area contributed by atoms with E-state index in [1.165, 1.54) is 0 Å². The second-order valence-corrected chi connectivity index (χ2v) is 4.59. The maximum atomic E-state index is 5.03. The Balaban J connectivity index is 0.00000400. The molecule has 0 unspecified atom stereocenters. The van der Waals surface area contributed by atoms with E-state index in [1.54, 1.807) is 7.11 Å². The number of guanidine groups is 1. The number of nitrogens with zero attached hydrogens (tertiary/aromatic N) is 4. The first-order valence-electron chi connectivity index (χ1n) is 7.05.